The maximum absolute atomic E-state index is 12.5. The third-order valence-corrected chi connectivity index (χ3v) is 5.05. The molecule has 2 aromatic rings. The number of nitrogens with zero attached hydrogens (tertiary/aromatic N) is 1. The van der Waals surface area contributed by atoms with E-state index in [0.29, 0.717) is 22.3 Å². The SMILES string of the molecule is COc1cc(/C=N/NC(=O)C(C)(C)Oc2ccc(Cl)c(C)c2)cc(Br)c1OC(C)C. The number of hydrazone groups is 1. The number of hydrogen-bond donors (Lipinski definition) is 1. The number of rotatable bonds is 8. The van der Waals surface area contributed by atoms with Gasteiger partial charge in [-0.05, 0) is 92.0 Å². The first-order chi connectivity index (χ1) is 14.0. The minimum atomic E-state index is -1.13. The molecule has 8 heteroatoms. The maximum Gasteiger partial charge on any atom is 0.283 e. The van der Waals surface area contributed by atoms with Crippen LogP contribution in [0.2, 0.25) is 5.02 Å². The first kappa shape index (κ1) is 24.0. The molecule has 0 aliphatic heterocycles. The average Bonchev–Trinajstić information content (AvgIpc) is 2.66. The van der Waals surface area contributed by atoms with E-state index in [1.54, 1.807) is 45.2 Å². The Balaban J connectivity index is 2.08. The van der Waals surface area contributed by atoms with Gasteiger partial charge in [-0.1, -0.05) is 11.6 Å². The molecule has 0 aromatic heterocycles. The molecule has 0 saturated heterocycles. The molecule has 0 unspecified atom stereocenters. The molecule has 2 rings (SSSR count). The first-order valence-corrected chi connectivity index (χ1v) is 10.5. The average molecular weight is 498 g/mol. The number of carbonyl (C=O) groups is 1. The van der Waals surface area contributed by atoms with E-state index in [1.165, 1.54) is 6.21 Å². The highest BCUT2D eigenvalue weighted by Crippen LogP contribution is 2.37. The highest BCUT2D eigenvalue weighted by atomic mass is 79.9. The van der Waals surface area contributed by atoms with Crippen molar-refractivity contribution < 1.29 is 19.0 Å². The molecule has 1 N–H and O–H groups in total. The normalized spacial score (nSPS) is 11.6. The summed E-state index contributed by atoms with van der Waals surface area (Å²) in [6.07, 6.45) is 1.52. The van der Waals surface area contributed by atoms with Gasteiger partial charge in [0, 0.05) is 5.02 Å². The Morgan fingerprint density at radius 1 is 1.27 bits per heavy atom. The predicted octanol–water partition coefficient (Wildman–Crippen LogP) is 5.51. The lowest BCUT2D eigenvalue weighted by Crippen LogP contribution is -2.44. The molecule has 0 atom stereocenters. The van der Waals surface area contributed by atoms with Crippen LogP contribution in [0.15, 0.2) is 39.9 Å². The van der Waals surface area contributed by atoms with Crippen molar-refractivity contribution in [2.24, 2.45) is 5.10 Å². The van der Waals surface area contributed by atoms with Crippen LogP contribution >= 0.6 is 27.5 Å². The van der Waals surface area contributed by atoms with Gasteiger partial charge in [-0.25, -0.2) is 5.43 Å². The van der Waals surface area contributed by atoms with E-state index < -0.39 is 11.5 Å². The molecule has 0 saturated carbocycles. The number of benzene rings is 2. The quantitative estimate of drug-likeness (QED) is 0.385. The molecular weight excluding hydrogens is 472 g/mol. The monoisotopic (exact) mass is 496 g/mol. The molecule has 0 heterocycles. The van der Waals surface area contributed by atoms with E-state index in [2.05, 4.69) is 26.5 Å². The minimum Gasteiger partial charge on any atom is -0.493 e. The summed E-state index contributed by atoms with van der Waals surface area (Å²) in [5.41, 5.74) is 2.97. The molecule has 0 radical (unpaired) electrons. The molecule has 2 aromatic carbocycles. The Hall–Kier alpha value is -2.25. The second-order valence-corrected chi connectivity index (χ2v) is 8.68. The van der Waals surface area contributed by atoms with Crippen molar-refractivity contribution in [3.05, 3.63) is 51.0 Å². The van der Waals surface area contributed by atoms with Crippen molar-refractivity contribution in [3.63, 3.8) is 0 Å². The summed E-state index contributed by atoms with van der Waals surface area (Å²) >= 11 is 9.52. The zero-order valence-electron chi connectivity index (χ0n) is 17.9. The molecule has 1 amide bonds. The summed E-state index contributed by atoms with van der Waals surface area (Å²) in [6.45, 7) is 9.08. The lowest BCUT2D eigenvalue weighted by molar-refractivity contribution is -0.134. The van der Waals surface area contributed by atoms with Gasteiger partial charge in [0.15, 0.2) is 17.1 Å². The molecule has 30 heavy (non-hydrogen) atoms. The minimum absolute atomic E-state index is 0.000615. The first-order valence-electron chi connectivity index (χ1n) is 9.36. The Bertz CT molecular complexity index is 945. The van der Waals surface area contributed by atoms with Crippen LogP contribution in [0.25, 0.3) is 0 Å². The number of carbonyl (C=O) groups excluding carboxylic acids is 1. The molecular formula is C22H26BrClN2O4. The lowest BCUT2D eigenvalue weighted by Gasteiger charge is -2.24. The topological polar surface area (TPSA) is 69.2 Å². The van der Waals surface area contributed by atoms with Gasteiger partial charge in [0.1, 0.15) is 5.75 Å². The number of nitrogens with one attached hydrogen (secondary N) is 1. The molecule has 0 aliphatic rings. The number of methoxy groups -OCH3 is 1. The van der Waals surface area contributed by atoms with Gasteiger partial charge in [0.05, 0.1) is 23.9 Å². The summed E-state index contributed by atoms with van der Waals surface area (Å²) in [6, 6.07) is 8.84. The van der Waals surface area contributed by atoms with Crippen LogP contribution in [-0.2, 0) is 4.79 Å². The number of amides is 1. The van der Waals surface area contributed by atoms with Gasteiger partial charge in [-0.3, -0.25) is 4.79 Å². The van der Waals surface area contributed by atoms with E-state index >= 15 is 0 Å². The highest BCUT2D eigenvalue weighted by Gasteiger charge is 2.30. The van der Waals surface area contributed by atoms with Gasteiger partial charge >= 0.3 is 0 Å². The molecule has 0 fully saturated rings. The third kappa shape index (κ3) is 6.37. The Morgan fingerprint density at radius 3 is 2.57 bits per heavy atom. The maximum atomic E-state index is 12.5. The smallest absolute Gasteiger partial charge is 0.283 e. The van der Waals surface area contributed by atoms with E-state index in [9.17, 15) is 4.79 Å². The molecule has 0 bridgehead atoms. The number of aryl methyl sites for hydroxylation is 1. The van der Waals surface area contributed by atoms with E-state index in [0.717, 1.165) is 15.6 Å². The van der Waals surface area contributed by atoms with Crippen LogP contribution in [0.4, 0.5) is 0 Å². The number of halogens is 2. The largest absolute Gasteiger partial charge is 0.493 e. The van der Waals surface area contributed by atoms with Gasteiger partial charge < -0.3 is 14.2 Å². The summed E-state index contributed by atoms with van der Waals surface area (Å²) in [5, 5.41) is 4.68. The Kier molecular flexibility index (Phi) is 8.15. The van der Waals surface area contributed by atoms with Gasteiger partial charge in [0.2, 0.25) is 0 Å². The Labute approximate surface area is 190 Å². The number of ether oxygens (including phenoxy) is 3. The molecule has 162 valence electrons. The summed E-state index contributed by atoms with van der Waals surface area (Å²) in [5.74, 6) is 1.33. The van der Waals surface area contributed by atoms with Crippen LogP contribution < -0.4 is 19.6 Å². The Morgan fingerprint density at radius 2 is 1.97 bits per heavy atom. The van der Waals surface area contributed by atoms with E-state index in [1.807, 2.05) is 26.8 Å². The van der Waals surface area contributed by atoms with Crippen molar-refractivity contribution in [3.8, 4) is 17.2 Å². The van der Waals surface area contributed by atoms with E-state index in [4.69, 9.17) is 25.8 Å². The van der Waals surface area contributed by atoms with Crippen molar-refractivity contribution in [2.45, 2.75) is 46.3 Å². The standard InChI is InChI=1S/C22H26BrClN2O4/c1-13(2)29-20-17(23)10-15(11-19(20)28-6)12-25-26-21(27)22(4,5)30-16-7-8-18(24)14(3)9-16/h7-13H,1-6H3,(H,26,27)/b25-12+. The van der Waals surface area contributed by atoms with Crippen molar-refractivity contribution in [1.29, 1.82) is 0 Å². The molecule has 0 aliphatic carbocycles. The second kappa shape index (κ2) is 10.2. The summed E-state index contributed by atoms with van der Waals surface area (Å²) < 4.78 is 17.7. The summed E-state index contributed by atoms with van der Waals surface area (Å²) in [4.78, 5) is 12.5. The van der Waals surface area contributed by atoms with Crippen LogP contribution in [0, 0.1) is 6.92 Å². The predicted molar refractivity (Wildman–Crippen MR) is 123 cm³/mol. The van der Waals surface area contributed by atoms with E-state index in [-0.39, 0.29) is 6.10 Å². The number of hydrogen-bond acceptors (Lipinski definition) is 5. The van der Waals surface area contributed by atoms with Crippen molar-refractivity contribution >= 4 is 39.7 Å². The van der Waals surface area contributed by atoms with Crippen LogP contribution in [0.1, 0.15) is 38.8 Å². The van der Waals surface area contributed by atoms with Crippen LogP contribution in [0.5, 0.6) is 17.2 Å². The van der Waals surface area contributed by atoms with Gasteiger partial charge in [-0.15, -0.1) is 0 Å². The fourth-order valence-electron chi connectivity index (χ4n) is 2.49. The van der Waals surface area contributed by atoms with Gasteiger partial charge in [-0.2, -0.15) is 5.10 Å². The van der Waals surface area contributed by atoms with Crippen molar-refractivity contribution in [1.82, 2.24) is 5.43 Å². The second-order valence-electron chi connectivity index (χ2n) is 7.42. The fourth-order valence-corrected chi connectivity index (χ4v) is 3.16. The van der Waals surface area contributed by atoms with Gasteiger partial charge in [0.25, 0.3) is 5.91 Å². The van der Waals surface area contributed by atoms with Crippen molar-refractivity contribution in [2.75, 3.05) is 7.11 Å². The summed E-state index contributed by atoms with van der Waals surface area (Å²) in [7, 11) is 1.57. The molecule has 6 nitrogen and oxygen atoms in total. The molecule has 0 spiro atoms. The van der Waals surface area contributed by atoms with Crippen LogP contribution in [0.3, 0.4) is 0 Å². The zero-order valence-corrected chi connectivity index (χ0v) is 20.2. The van der Waals surface area contributed by atoms with Crippen LogP contribution in [-0.4, -0.2) is 30.9 Å². The fraction of sp³-hybridized carbons (Fsp3) is 0.364. The zero-order chi connectivity index (χ0) is 22.5. The highest BCUT2D eigenvalue weighted by molar-refractivity contribution is 9.10. The lowest BCUT2D eigenvalue weighted by atomic mass is 10.1. The third-order valence-electron chi connectivity index (χ3n) is 4.03.